The zero-order chi connectivity index (χ0) is 10.2. The van der Waals surface area contributed by atoms with E-state index in [1.165, 1.54) is 0 Å². The van der Waals surface area contributed by atoms with Crippen LogP contribution >= 0.6 is 15.9 Å². The second-order valence-electron chi connectivity index (χ2n) is 3.33. The average Bonchev–Trinajstić information content (AvgIpc) is 2.52. The zero-order valence-electron chi connectivity index (χ0n) is 7.31. The van der Waals surface area contributed by atoms with Crippen LogP contribution in [-0.2, 0) is 9.84 Å². The van der Waals surface area contributed by atoms with Crippen LogP contribution in [0.3, 0.4) is 0 Å². The maximum absolute atomic E-state index is 11.2. The lowest BCUT2D eigenvalue weighted by atomic mass is 10.0. The summed E-state index contributed by atoms with van der Waals surface area (Å²) in [5, 5.41) is 3.61. The fourth-order valence-corrected chi connectivity index (χ4v) is 3.26. The van der Waals surface area contributed by atoms with Crippen molar-refractivity contribution in [3.05, 3.63) is 10.6 Å². The number of sulfone groups is 1. The van der Waals surface area contributed by atoms with E-state index in [0.717, 1.165) is 0 Å². The van der Waals surface area contributed by atoms with Crippen LogP contribution in [0.15, 0.2) is 9.26 Å². The van der Waals surface area contributed by atoms with Crippen molar-refractivity contribution in [3.8, 4) is 0 Å². The van der Waals surface area contributed by atoms with Crippen LogP contribution in [0.4, 0.5) is 0 Å². The van der Waals surface area contributed by atoms with Crippen LogP contribution in [-0.4, -0.2) is 30.1 Å². The van der Waals surface area contributed by atoms with Crippen molar-refractivity contribution < 1.29 is 12.9 Å². The Kier molecular flexibility index (Phi) is 2.61. The molecule has 0 radical (unpaired) electrons. The van der Waals surface area contributed by atoms with Gasteiger partial charge in [-0.1, -0.05) is 0 Å². The first-order valence-corrected chi connectivity index (χ1v) is 6.88. The molecule has 78 valence electrons. The smallest absolute Gasteiger partial charge is 0.238 e. The number of halogens is 1. The molecule has 0 amide bonds. The van der Waals surface area contributed by atoms with Crippen LogP contribution < -0.4 is 0 Å². The fraction of sp³-hybridized carbons (Fsp3) is 0.714. The summed E-state index contributed by atoms with van der Waals surface area (Å²) in [6.45, 7) is 0. The summed E-state index contributed by atoms with van der Waals surface area (Å²) in [5.41, 5.74) is 0. The second-order valence-corrected chi connectivity index (χ2v) is 6.34. The van der Waals surface area contributed by atoms with Gasteiger partial charge in [-0.3, -0.25) is 0 Å². The van der Waals surface area contributed by atoms with Gasteiger partial charge in [0.1, 0.15) is 9.84 Å². The molecule has 0 aliphatic carbocycles. The highest BCUT2D eigenvalue weighted by atomic mass is 79.9. The number of nitrogens with zero attached hydrogens (tertiary/aromatic N) is 2. The van der Waals surface area contributed by atoms with E-state index in [4.69, 9.17) is 4.52 Å². The molecule has 2 heterocycles. The highest BCUT2D eigenvalue weighted by Gasteiger charge is 2.28. The van der Waals surface area contributed by atoms with Gasteiger partial charge in [0.25, 0.3) is 0 Å². The third-order valence-corrected chi connectivity index (χ3v) is 4.36. The molecule has 1 aromatic rings. The van der Waals surface area contributed by atoms with E-state index in [2.05, 4.69) is 26.1 Å². The Labute approximate surface area is 89.9 Å². The van der Waals surface area contributed by atoms with Crippen LogP contribution in [0.25, 0.3) is 0 Å². The first-order valence-electron chi connectivity index (χ1n) is 4.26. The maximum atomic E-state index is 11.2. The van der Waals surface area contributed by atoms with E-state index >= 15 is 0 Å². The van der Waals surface area contributed by atoms with Crippen molar-refractivity contribution in [2.45, 2.75) is 18.8 Å². The van der Waals surface area contributed by atoms with E-state index in [0.29, 0.717) is 23.5 Å². The molecule has 1 fully saturated rings. The molecule has 1 saturated heterocycles. The van der Waals surface area contributed by atoms with Gasteiger partial charge in [0.05, 0.1) is 11.5 Å². The lowest BCUT2D eigenvalue weighted by molar-refractivity contribution is 0.341. The molecule has 7 heteroatoms. The molecule has 14 heavy (non-hydrogen) atoms. The molecule has 2 rings (SSSR count). The SMILES string of the molecule is O=S1(=O)CCC(c2nc(Br)no2)CC1. The molecular formula is C7H9BrN2O3S. The molecule has 0 saturated carbocycles. The molecule has 1 aromatic heterocycles. The summed E-state index contributed by atoms with van der Waals surface area (Å²) in [5.74, 6) is 1.07. The van der Waals surface area contributed by atoms with E-state index < -0.39 is 9.84 Å². The van der Waals surface area contributed by atoms with Crippen molar-refractivity contribution in [2.75, 3.05) is 11.5 Å². The van der Waals surface area contributed by atoms with Gasteiger partial charge in [-0.05, 0) is 33.9 Å². The quantitative estimate of drug-likeness (QED) is 0.771. The third kappa shape index (κ3) is 2.14. The van der Waals surface area contributed by atoms with Gasteiger partial charge in [-0.25, -0.2) is 8.42 Å². The highest BCUT2D eigenvalue weighted by molar-refractivity contribution is 9.10. The van der Waals surface area contributed by atoms with Gasteiger partial charge in [-0.2, -0.15) is 4.98 Å². The first kappa shape index (κ1) is 10.1. The van der Waals surface area contributed by atoms with Crippen molar-refractivity contribution in [1.82, 2.24) is 10.1 Å². The molecule has 1 aliphatic rings. The predicted octanol–water partition coefficient (Wildman–Crippen LogP) is 1.12. The Hall–Kier alpha value is -0.430. The van der Waals surface area contributed by atoms with E-state index in [9.17, 15) is 8.42 Å². The summed E-state index contributed by atoms with van der Waals surface area (Å²) in [4.78, 5) is 4.03. The van der Waals surface area contributed by atoms with Gasteiger partial charge in [-0.15, -0.1) is 0 Å². The van der Waals surface area contributed by atoms with Crippen LogP contribution in [0, 0.1) is 0 Å². The minimum Gasteiger partial charge on any atom is -0.338 e. The van der Waals surface area contributed by atoms with Crippen molar-refractivity contribution in [2.24, 2.45) is 0 Å². The minimum absolute atomic E-state index is 0.0947. The highest BCUT2D eigenvalue weighted by Crippen LogP contribution is 2.28. The molecule has 0 unspecified atom stereocenters. The van der Waals surface area contributed by atoms with Gasteiger partial charge in [0, 0.05) is 5.92 Å². The predicted molar refractivity (Wildman–Crippen MR) is 52.6 cm³/mol. The first-order chi connectivity index (χ1) is 6.57. The van der Waals surface area contributed by atoms with E-state index in [1.807, 2.05) is 0 Å². The number of aromatic nitrogens is 2. The summed E-state index contributed by atoms with van der Waals surface area (Å²) >= 11 is 3.09. The molecule has 0 atom stereocenters. The minimum atomic E-state index is -2.82. The summed E-state index contributed by atoms with van der Waals surface area (Å²) in [6.07, 6.45) is 1.16. The van der Waals surface area contributed by atoms with E-state index in [-0.39, 0.29) is 17.4 Å². The van der Waals surface area contributed by atoms with E-state index in [1.54, 1.807) is 0 Å². The topological polar surface area (TPSA) is 73.1 Å². The number of hydrogen-bond acceptors (Lipinski definition) is 5. The van der Waals surface area contributed by atoms with Crippen molar-refractivity contribution >= 4 is 25.8 Å². The van der Waals surface area contributed by atoms with Gasteiger partial charge >= 0.3 is 0 Å². The van der Waals surface area contributed by atoms with Crippen LogP contribution in [0.5, 0.6) is 0 Å². The third-order valence-electron chi connectivity index (χ3n) is 2.32. The lowest BCUT2D eigenvalue weighted by Crippen LogP contribution is -2.22. The van der Waals surface area contributed by atoms with Crippen LogP contribution in [0.1, 0.15) is 24.7 Å². The Morgan fingerprint density at radius 3 is 2.50 bits per heavy atom. The molecule has 1 aliphatic heterocycles. The molecule has 0 N–H and O–H groups in total. The average molecular weight is 281 g/mol. The Balaban J connectivity index is 2.09. The Bertz CT molecular complexity index is 414. The van der Waals surface area contributed by atoms with Crippen molar-refractivity contribution in [3.63, 3.8) is 0 Å². The standard InChI is InChI=1S/C7H9BrN2O3S/c8-7-9-6(13-10-7)5-1-3-14(11,12)4-2-5/h5H,1-4H2. The lowest BCUT2D eigenvalue weighted by Gasteiger charge is -2.17. The summed E-state index contributed by atoms with van der Waals surface area (Å²) < 4.78 is 27.7. The van der Waals surface area contributed by atoms with Gasteiger partial charge in [0.15, 0.2) is 0 Å². The second kappa shape index (κ2) is 3.62. The zero-order valence-corrected chi connectivity index (χ0v) is 9.71. The summed E-state index contributed by atoms with van der Waals surface area (Å²) in [7, 11) is -2.82. The molecule has 0 bridgehead atoms. The molecule has 0 aromatic carbocycles. The Morgan fingerprint density at radius 1 is 1.36 bits per heavy atom. The monoisotopic (exact) mass is 280 g/mol. The normalized spacial score (nSPS) is 22.4. The largest absolute Gasteiger partial charge is 0.338 e. The fourth-order valence-electron chi connectivity index (χ4n) is 1.52. The van der Waals surface area contributed by atoms with Crippen LogP contribution in [0.2, 0.25) is 0 Å². The number of rotatable bonds is 1. The maximum Gasteiger partial charge on any atom is 0.238 e. The van der Waals surface area contributed by atoms with Gasteiger partial charge < -0.3 is 4.52 Å². The summed E-state index contributed by atoms with van der Waals surface area (Å²) in [6, 6.07) is 0. The molecule has 0 spiro atoms. The number of hydrogen-bond donors (Lipinski definition) is 0. The molecular weight excluding hydrogens is 272 g/mol. The Morgan fingerprint density at radius 2 is 2.00 bits per heavy atom. The molecule has 5 nitrogen and oxygen atoms in total. The van der Waals surface area contributed by atoms with Gasteiger partial charge in [0.2, 0.25) is 10.6 Å². The van der Waals surface area contributed by atoms with Crippen molar-refractivity contribution in [1.29, 1.82) is 0 Å².